The molecule has 0 radical (unpaired) electrons. The molecule has 10 heteroatoms. The van der Waals surface area contributed by atoms with E-state index in [1.807, 2.05) is 30.3 Å². The molecule has 0 saturated heterocycles. The molecule has 0 aliphatic carbocycles. The standard InChI is InChI=1S/C11H11N9O/c12-9(21)6-11(15-17-18-16-11)7-20-14-10(13-19-20)8-4-2-1-3-5-8/h1-5H,6-7H2,(H2,12,21). The lowest BCUT2D eigenvalue weighted by atomic mass is 10.1. The molecule has 0 bridgehead atoms. The molecule has 1 amide bonds. The Morgan fingerprint density at radius 1 is 1.19 bits per heavy atom. The van der Waals surface area contributed by atoms with Crippen LogP contribution in [0.5, 0.6) is 0 Å². The van der Waals surface area contributed by atoms with E-state index in [0.29, 0.717) is 5.82 Å². The zero-order chi connectivity index (χ0) is 14.7. The lowest BCUT2D eigenvalue weighted by molar-refractivity contribution is -0.119. The van der Waals surface area contributed by atoms with E-state index in [-0.39, 0.29) is 13.0 Å². The third-order valence-electron chi connectivity index (χ3n) is 2.84. The van der Waals surface area contributed by atoms with E-state index in [2.05, 4.69) is 36.1 Å². The maximum atomic E-state index is 11.1. The first-order valence-electron chi connectivity index (χ1n) is 6.12. The minimum atomic E-state index is -1.18. The first-order chi connectivity index (χ1) is 10.2. The van der Waals surface area contributed by atoms with Crippen molar-refractivity contribution in [2.75, 3.05) is 0 Å². The SMILES string of the molecule is NC(=O)CC1(Cn2nnc(-c3ccccc3)n2)N=NN=N1. The minimum absolute atomic E-state index is 0.0861. The lowest BCUT2D eigenvalue weighted by Gasteiger charge is -2.15. The monoisotopic (exact) mass is 285 g/mol. The molecule has 0 unspecified atom stereocenters. The van der Waals surface area contributed by atoms with Crippen LogP contribution in [0.1, 0.15) is 6.42 Å². The second-order valence-corrected chi connectivity index (χ2v) is 4.51. The predicted octanol–water partition coefficient (Wildman–Crippen LogP) is 0.745. The van der Waals surface area contributed by atoms with Gasteiger partial charge in [-0.15, -0.1) is 20.4 Å². The van der Waals surface area contributed by atoms with Crippen LogP contribution in [-0.4, -0.2) is 31.8 Å². The Hall–Kier alpha value is -3.04. The van der Waals surface area contributed by atoms with Crippen molar-refractivity contribution in [2.45, 2.75) is 18.6 Å². The highest BCUT2D eigenvalue weighted by Crippen LogP contribution is 2.26. The number of nitrogens with zero attached hydrogens (tertiary/aromatic N) is 8. The van der Waals surface area contributed by atoms with Crippen molar-refractivity contribution in [1.29, 1.82) is 0 Å². The molecule has 3 rings (SSSR count). The smallest absolute Gasteiger partial charge is 0.225 e. The summed E-state index contributed by atoms with van der Waals surface area (Å²) in [6.45, 7) is 0.0861. The quantitative estimate of drug-likeness (QED) is 0.866. The van der Waals surface area contributed by atoms with Crippen molar-refractivity contribution in [1.82, 2.24) is 20.2 Å². The van der Waals surface area contributed by atoms with E-state index in [1.54, 1.807) is 0 Å². The summed E-state index contributed by atoms with van der Waals surface area (Å²) in [6.07, 6.45) is -0.123. The van der Waals surface area contributed by atoms with Crippen molar-refractivity contribution >= 4 is 5.91 Å². The summed E-state index contributed by atoms with van der Waals surface area (Å²) in [7, 11) is 0. The average molecular weight is 285 g/mol. The number of hydrogen-bond donors (Lipinski definition) is 1. The first-order valence-corrected chi connectivity index (χ1v) is 6.12. The minimum Gasteiger partial charge on any atom is -0.370 e. The molecule has 1 aromatic heterocycles. The van der Waals surface area contributed by atoms with E-state index in [0.717, 1.165) is 5.56 Å². The summed E-state index contributed by atoms with van der Waals surface area (Å²) in [6, 6.07) is 9.40. The van der Waals surface area contributed by atoms with Crippen LogP contribution in [0, 0.1) is 0 Å². The molecule has 106 valence electrons. The number of amides is 1. The fourth-order valence-corrected chi connectivity index (χ4v) is 1.93. The summed E-state index contributed by atoms with van der Waals surface area (Å²) >= 11 is 0. The topological polar surface area (TPSA) is 136 Å². The third-order valence-corrected chi connectivity index (χ3v) is 2.84. The van der Waals surface area contributed by atoms with Gasteiger partial charge in [-0.2, -0.15) is 4.80 Å². The highest BCUT2D eigenvalue weighted by molar-refractivity contribution is 5.75. The number of aromatic nitrogens is 4. The number of carbonyl (C=O) groups excluding carboxylic acids is 1. The number of hydrogen-bond acceptors (Lipinski definition) is 8. The van der Waals surface area contributed by atoms with Gasteiger partial charge in [0.2, 0.25) is 17.4 Å². The molecule has 1 aromatic carbocycles. The van der Waals surface area contributed by atoms with Crippen LogP contribution in [0.3, 0.4) is 0 Å². The maximum absolute atomic E-state index is 11.1. The van der Waals surface area contributed by atoms with E-state index >= 15 is 0 Å². The summed E-state index contributed by atoms with van der Waals surface area (Å²) in [4.78, 5) is 12.4. The van der Waals surface area contributed by atoms with Gasteiger partial charge in [-0.3, -0.25) is 4.79 Å². The van der Waals surface area contributed by atoms with Gasteiger partial charge in [0, 0.05) is 5.56 Å². The zero-order valence-corrected chi connectivity index (χ0v) is 10.9. The van der Waals surface area contributed by atoms with E-state index in [9.17, 15) is 4.79 Å². The summed E-state index contributed by atoms with van der Waals surface area (Å²) in [5.41, 5.74) is 4.85. The number of primary amides is 1. The van der Waals surface area contributed by atoms with Crippen molar-refractivity contribution in [2.24, 2.45) is 26.4 Å². The number of rotatable bonds is 5. The molecular weight excluding hydrogens is 274 g/mol. The normalized spacial score (nSPS) is 15.4. The molecule has 2 N–H and O–H groups in total. The summed E-state index contributed by atoms with van der Waals surface area (Å²) in [5.74, 6) is -0.0881. The molecule has 1 aliphatic heterocycles. The van der Waals surface area contributed by atoms with Crippen LogP contribution < -0.4 is 5.73 Å². The van der Waals surface area contributed by atoms with E-state index < -0.39 is 11.6 Å². The van der Waals surface area contributed by atoms with Crippen LogP contribution in [0.2, 0.25) is 0 Å². The molecule has 0 spiro atoms. The fraction of sp³-hybridized carbons (Fsp3) is 0.273. The molecule has 0 fully saturated rings. The van der Waals surface area contributed by atoms with E-state index in [1.165, 1.54) is 4.80 Å². The third kappa shape index (κ3) is 2.78. The van der Waals surface area contributed by atoms with Crippen molar-refractivity contribution in [3.63, 3.8) is 0 Å². The average Bonchev–Trinajstić information content (AvgIpc) is 3.09. The lowest BCUT2D eigenvalue weighted by Crippen LogP contribution is -2.34. The van der Waals surface area contributed by atoms with Gasteiger partial charge in [-0.1, -0.05) is 30.3 Å². The van der Waals surface area contributed by atoms with Gasteiger partial charge < -0.3 is 5.73 Å². The van der Waals surface area contributed by atoms with Gasteiger partial charge >= 0.3 is 0 Å². The number of carbonyl (C=O) groups is 1. The van der Waals surface area contributed by atoms with E-state index in [4.69, 9.17) is 5.73 Å². The zero-order valence-electron chi connectivity index (χ0n) is 10.9. The molecule has 1 aliphatic rings. The Kier molecular flexibility index (Phi) is 3.18. The highest BCUT2D eigenvalue weighted by Gasteiger charge is 2.37. The van der Waals surface area contributed by atoms with Gasteiger partial charge in [-0.25, -0.2) is 0 Å². The first kappa shape index (κ1) is 13.0. The Bertz CT molecular complexity index is 693. The van der Waals surface area contributed by atoms with Crippen LogP contribution in [0.4, 0.5) is 0 Å². The summed E-state index contributed by atoms with van der Waals surface area (Å²) < 4.78 is 0. The largest absolute Gasteiger partial charge is 0.370 e. The Morgan fingerprint density at radius 3 is 2.57 bits per heavy atom. The molecule has 0 atom stereocenters. The molecular formula is C11H11N9O. The Morgan fingerprint density at radius 2 is 1.90 bits per heavy atom. The number of nitrogens with two attached hydrogens (primary N) is 1. The molecule has 21 heavy (non-hydrogen) atoms. The van der Waals surface area contributed by atoms with Gasteiger partial charge in [0.25, 0.3) is 0 Å². The number of benzene rings is 1. The van der Waals surface area contributed by atoms with Crippen LogP contribution >= 0.6 is 0 Å². The second kappa shape index (κ2) is 5.15. The molecule has 2 heterocycles. The van der Waals surface area contributed by atoms with Crippen LogP contribution in [-0.2, 0) is 11.3 Å². The number of tetrazole rings is 1. The van der Waals surface area contributed by atoms with Gasteiger partial charge in [0.1, 0.15) is 6.54 Å². The van der Waals surface area contributed by atoms with Gasteiger partial charge in [-0.05, 0) is 15.7 Å². The van der Waals surface area contributed by atoms with Gasteiger partial charge in [0.15, 0.2) is 0 Å². The maximum Gasteiger partial charge on any atom is 0.225 e. The van der Waals surface area contributed by atoms with Crippen LogP contribution in [0.25, 0.3) is 11.4 Å². The molecule has 10 nitrogen and oxygen atoms in total. The summed E-state index contributed by atoms with van der Waals surface area (Å²) in [5, 5.41) is 26.7. The highest BCUT2D eigenvalue weighted by atomic mass is 16.1. The van der Waals surface area contributed by atoms with Crippen molar-refractivity contribution in [3.8, 4) is 11.4 Å². The molecule has 2 aromatic rings. The predicted molar refractivity (Wildman–Crippen MR) is 69.5 cm³/mol. The van der Waals surface area contributed by atoms with Crippen LogP contribution in [0.15, 0.2) is 51.0 Å². The van der Waals surface area contributed by atoms with Crippen molar-refractivity contribution in [3.05, 3.63) is 30.3 Å². The van der Waals surface area contributed by atoms with Gasteiger partial charge in [0.05, 0.1) is 6.42 Å². The molecule has 0 saturated carbocycles. The van der Waals surface area contributed by atoms with Crippen molar-refractivity contribution < 1.29 is 4.79 Å². The second-order valence-electron chi connectivity index (χ2n) is 4.51. The fourth-order valence-electron chi connectivity index (χ4n) is 1.93. The Labute approximate surface area is 118 Å². The Balaban J connectivity index is 1.82.